The highest BCUT2D eigenvalue weighted by molar-refractivity contribution is 6.43. The lowest BCUT2D eigenvalue weighted by Crippen LogP contribution is -2.22. The Morgan fingerprint density at radius 1 is 1.10 bits per heavy atom. The van der Waals surface area contributed by atoms with Crippen molar-refractivity contribution in [3.05, 3.63) is 58.1 Å². The van der Waals surface area contributed by atoms with Crippen LogP contribution in [-0.4, -0.2) is 12.5 Å². The van der Waals surface area contributed by atoms with Crippen molar-refractivity contribution >= 4 is 40.5 Å². The largest absolute Gasteiger partial charge is 0.375 e. The molecule has 2 rings (SSSR count). The van der Waals surface area contributed by atoms with Crippen LogP contribution in [0.25, 0.3) is 0 Å². The van der Waals surface area contributed by atoms with Gasteiger partial charge in [-0.2, -0.15) is 0 Å². The molecule has 2 N–H and O–H groups in total. The van der Waals surface area contributed by atoms with E-state index in [0.29, 0.717) is 21.8 Å². The number of rotatable bonds is 4. The van der Waals surface area contributed by atoms with Crippen LogP contribution in [0.15, 0.2) is 36.4 Å². The Hall–Kier alpha value is -1.85. The fourth-order valence-electron chi connectivity index (χ4n) is 1.60. The normalized spacial score (nSPS) is 10.3. The summed E-state index contributed by atoms with van der Waals surface area (Å²) < 4.78 is 26.1. The molecule has 21 heavy (non-hydrogen) atoms. The van der Waals surface area contributed by atoms with Gasteiger partial charge in [0.25, 0.3) is 0 Å². The van der Waals surface area contributed by atoms with Crippen molar-refractivity contribution in [1.29, 1.82) is 0 Å². The minimum Gasteiger partial charge on any atom is -0.375 e. The monoisotopic (exact) mass is 330 g/mol. The summed E-state index contributed by atoms with van der Waals surface area (Å²) in [7, 11) is 0. The van der Waals surface area contributed by atoms with Gasteiger partial charge in [0, 0.05) is 6.07 Å². The van der Waals surface area contributed by atoms with E-state index in [1.165, 1.54) is 0 Å². The molecule has 0 spiro atoms. The number of benzene rings is 2. The lowest BCUT2D eigenvalue weighted by molar-refractivity contribution is -0.114. The molecule has 0 atom stereocenters. The summed E-state index contributed by atoms with van der Waals surface area (Å²) >= 11 is 11.8. The average Bonchev–Trinajstić information content (AvgIpc) is 2.43. The SMILES string of the molecule is O=C(CNc1cccc(Cl)c1Cl)Nc1ccc(F)cc1F. The molecule has 0 radical (unpaired) electrons. The Kier molecular flexibility index (Phi) is 4.98. The van der Waals surface area contributed by atoms with E-state index in [1.54, 1.807) is 18.2 Å². The smallest absolute Gasteiger partial charge is 0.243 e. The van der Waals surface area contributed by atoms with Gasteiger partial charge >= 0.3 is 0 Å². The number of anilines is 2. The van der Waals surface area contributed by atoms with E-state index in [0.717, 1.165) is 12.1 Å². The minimum absolute atomic E-state index is 0.0969. The zero-order valence-electron chi connectivity index (χ0n) is 10.6. The first-order valence-electron chi connectivity index (χ1n) is 5.90. The van der Waals surface area contributed by atoms with E-state index in [-0.39, 0.29) is 12.2 Å². The Balaban J connectivity index is 1.97. The molecule has 1 amide bonds. The summed E-state index contributed by atoms with van der Waals surface area (Å²) in [5, 5.41) is 5.75. The summed E-state index contributed by atoms with van der Waals surface area (Å²) in [6.45, 7) is -0.142. The molecule has 0 aromatic heterocycles. The fraction of sp³-hybridized carbons (Fsp3) is 0.0714. The van der Waals surface area contributed by atoms with E-state index in [4.69, 9.17) is 23.2 Å². The van der Waals surface area contributed by atoms with Gasteiger partial charge in [-0.15, -0.1) is 0 Å². The van der Waals surface area contributed by atoms with E-state index < -0.39 is 17.5 Å². The van der Waals surface area contributed by atoms with Gasteiger partial charge in [-0.05, 0) is 24.3 Å². The molecule has 2 aromatic rings. The molecule has 0 aliphatic carbocycles. The van der Waals surface area contributed by atoms with Crippen LogP contribution in [-0.2, 0) is 4.79 Å². The number of carbonyl (C=O) groups is 1. The van der Waals surface area contributed by atoms with E-state index in [1.807, 2.05) is 0 Å². The predicted molar refractivity (Wildman–Crippen MR) is 79.9 cm³/mol. The minimum atomic E-state index is -0.843. The first-order valence-corrected chi connectivity index (χ1v) is 6.66. The van der Waals surface area contributed by atoms with Gasteiger partial charge in [0.2, 0.25) is 5.91 Å². The Labute approximate surface area is 129 Å². The maximum absolute atomic E-state index is 13.4. The quantitative estimate of drug-likeness (QED) is 0.876. The molecule has 0 saturated carbocycles. The first-order chi connectivity index (χ1) is 9.97. The van der Waals surface area contributed by atoms with Gasteiger partial charge in [0.1, 0.15) is 11.6 Å². The lowest BCUT2D eigenvalue weighted by atomic mass is 10.3. The number of halogens is 4. The molecule has 0 aliphatic rings. The summed E-state index contributed by atoms with van der Waals surface area (Å²) in [4.78, 5) is 11.7. The predicted octanol–water partition coefficient (Wildman–Crippen LogP) is 4.32. The van der Waals surface area contributed by atoms with Crippen molar-refractivity contribution < 1.29 is 13.6 Å². The maximum atomic E-state index is 13.4. The van der Waals surface area contributed by atoms with Gasteiger partial charge in [0.05, 0.1) is 28.0 Å². The molecule has 2 aromatic carbocycles. The molecule has 0 unspecified atom stereocenters. The lowest BCUT2D eigenvalue weighted by Gasteiger charge is -2.10. The van der Waals surface area contributed by atoms with E-state index in [9.17, 15) is 13.6 Å². The van der Waals surface area contributed by atoms with Crippen LogP contribution < -0.4 is 10.6 Å². The molecular weight excluding hydrogens is 321 g/mol. The number of hydrogen-bond acceptors (Lipinski definition) is 2. The maximum Gasteiger partial charge on any atom is 0.243 e. The zero-order valence-corrected chi connectivity index (χ0v) is 12.1. The number of hydrogen-bond donors (Lipinski definition) is 2. The van der Waals surface area contributed by atoms with Crippen LogP contribution in [0.4, 0.5) is 20.2 Å². The zero-order chi connectivity index (χ0) is 15.4. The Bertz CT molecular complexity index is 680. The van der Waals surface area contributed by atoms with Crippen LogP contribution in [0, 0.1) is 11.6 Å². The molecule has 0 saturated heterocycles. The van der Waals surface area contributed by atoms with Gasteiger partial charge < -0.3 is 10.6 Å². The molecular formula is C14H10Cl2F2N2O. The average molecular weight is 331 g/mol. The van der Waals surface area contributed by atoms with Crippen molar-refractivity contribution in [3.63, 3.8) is 0 Å². The number of nitrogens with one attached hydrogen (secondary N) is 2. The standard InChI is InChI=1S/C14H10Cl2F2N2O/c15-9-2-1-3-12(14(9)16)19-7-13(21)20-11-5-4-8(17)6-10(11)18/h1-6,19H,7H2,(H,20,21). The topological polar surface area (TPSA) is 41.1 Å². The van der Waals surface area contributed by atoms with E-state index >= 15 is 0 Å². The van der Waals surface area contributed by atoms with Gasteiger partial charge in [-0.25, -0.2) is 8.78 Å². The Morgan fingerprint density at radius 2 is 1.86 bits per heavy atom. The second-order valence-corrected chi connectivity index (χ2v) is 4.91. The third-order valence-electron chi connectivity index (χ3n) is 2.60. The third-order valence-corrected chi connectivity index (χ3v) is 3.42. The molecule has 0 heterocycles. The van der Waals surface area contributed by atoms with Crippen LogP contribution in [0.2, 0.25) is 10.0 Å². The van der Waals surface area contributed by atoms with Gasteiger partial charge in [0.15, 0.2) is 0 Å². The molecule has 7 heteroatoms. The van der Waals surface area contributed by atoms with E-state index in [2.05, 4.69) is 10.6 Å². The number of amides is 1. The van der Waals surface area contributed by atoms with Crippen molar-refractivity contribution in [2.75, 3.05) is 17.2 Å². The van der Waals surface area contributed by atoms with Crippen molar-refractivity contribution in [1.82, 2.24) is 0 Å². The third kappa shape index (κ3) is 4.06. The second-order valence-electron chi connectivity index (χ2n) is 4.13. The highest BCUT2D eigenvalue weighted by Crippen LogP contribution is 2.29. The molecule has 3 nitrogen and oxygen atoms in total. The second kappa shape index (κ2) is 6.74. The van der Waals surface area contributed by atoms with Crippen molar-refractivity contribution in [2.45, 2.75) is 0 Å². The summed E-state index contributed by atoms with van der Waals surface area (Å²) in [5.41, 5.74) is 0.388. The summed E-state index contributed by atoms with van der Waals surface area (Å²) in [6.07, 6.45) is 0. The molecule has 110 valence electrons. The van der Waals surface area contributed by atoms with Crippen molar-refractivity contribution in [3.8, 4) is 0 Å². The van der Waals surface area contributed by atoms with Crippen LogP contribution >= 0.6 is 23.2 Å². The van der Waals surface area contributed by atoms with Crippen LogP contribution in [0.3, 0.4) is 0 Å². The summed E-state index contributed by atoms with van der Waals surface area (Å²) in [5.74, 6) is -2.06. The summed E-state index contributed by atoms with van der Waals surface area (Å²) in [6, 6.07) is 7.84. The van der Waals surface area contributed by atoms with Gasteiger partial charge in [-0.3, -0.25) is 4.79 Å². The van der Waals surface area contributed by atoms with Gasteiger partial charge in [-0.1, -0.05) is 29.3 Å². The van der Waals surface area contributed by atoms with Crippen LogP contribution in [0.5, 0.6) is 0 Å². The first kappa shape index (κ1) is 15.5. The fourth-order valence-corrected chi connectivity index (χ4v) is 1.97. The van der Waals surface area contributed by atoms with Crippen molar-refractivity contribution in [2.24, 2.45) is 0 Å². The number of carbonyl (C=O) groups excluding carboxylic acids is 1. The molecule has 0 aliphatic heterocycles. The highest BCUT2D eigenvalue weighted by Gasteiger charge is 2.09. The van der Waals surface area contributed by atoms with Crippen LogP contribution in [0.1, 0.15) is 0 Å². The highest BCUT2D eigenvalue weighted by atomic mass is 35.5. The Morgan fingerprint density at radius 3 is 2.57 bits per heavy atom. The molecule has 0 bridgehead atoms. The molecule has 0 fully saturated rings.